The van der Waals surface area contributed by atoms with Gasteiger partial charge in [0.25, 0.3) is 0 Å². The number of hydrogen-bond donors (Lipinski definition) is 0. The number of rotatable bonds is 2. The van der Waals surface area contributed by atoms with Gasteiger partial charge in [0.1, 0.15) is 0 Å². The third-order valence-electron chi connectivity index (χ3n) is 1.91. The Labute approximate surface area is 83.9 Å². The van der Waals surface area contributed by atoms with Crippen LogP contribution in [0.2, 0.25) is 0 Å². The highest BCUT2D eigenvalue weighted by atomic mass is 16.5. The molecule has 0 unspecified atom stereocenters. The van der Waals surface area contributed by atoms with Crippen molar-refractivity contribution in [1.82, 2.24) is 0 Å². The summed E-state index contributed by atoms with van der Waals surface area (Å²) in [6.45, 7) is 4.00. The smallest absolute Gasteiger partial charge is 0.339 e. The molecule has 0 fully saturated rings. The van der Waals surface area contributed by atoms with E-state index >= 15 is 0 Å². The van der Waals surface area contributed by atoms with Crippen LogP contribution >= 0.6 is 0 Å². The average Bonchev–Trinajstić information content (AvgIpc) is 2.17. The van der Waals surface area contributed by atoms with Gasteiger partial charge in [-0.25, -0.2) is 4.79 Å². The van der Waals surface area contributed by atoms with Crippen LogP contribution in [-0.2, 0) is 4.74 Å². The molecule has 0 spiro atoms. The summed E-state index contributed by atoms with van der Waals surface area (Å²) in [7, 11) is 0. The normalized spacial score (nSPS) is 9.21. The number of ether oxygens (including phenoxy) is 1. The second kappa shape index (κ2) is 4.48. The van der Waals surface area contributed by atoms with Crippen molar-refractivity contribution in [2.75, 3.05) is 6.61 Å². The molecule has 0 aromatic heterocycles. The minimum Gasteiger partial charge on any atom is -0.462 e. The van der Waals surface area contributed by atoms with Gasteiger partial charge in [0.05, 0.1) is 12.2 Å². The highest BCUT2D eigenvalue weighted by Crippen LogP contribution is 2.13. The van der Waals surface area contributed by atoms with Crippen molar-refractivity contribution in [3.05, 3.63) is 34.9 Å². The van der Waals surface area contributed by atoms with Gasteiger partial charge in [-0.05, 0) is 25.5 Å². The third-order valence-corrected chi connectivity index (χ3v) is 1.91. The first-order valence-electron chi connectivity index (χ1n) is 4.44. The summed E-state index contributed by atoms with van der Waals surface area (Å²) in [5.41, 5.74) is 2.00. The van der Waals surface area contributed by atoms with Crippen molar-refractivity contribution in [3.8, 4) is 12.3 Å². The minimum atomic E-state index is -0.357. The maximum Gasteiger partial charge on any atom is 0.339 e. The summed E-state index contributed by atoms with van der Waals surface area (Å²) < 4.78 is 4.89. The topological polar surface area (TPSA) is 26.3 Å². The molecule has 14 heavy (non-hydrogen) atoms. The zero-order valence-electron chi connectivity index (χ0n) is 8.33. The molecule has 1 rings (SSSR count). The van der Waals surface area contributed by atoms with Crippen molar-refractivity contribution >= 4 is 5.97 Å². The number of benzene rings is 1. The molecule has 2 heteroatoms. The first kappa shape index (κ1) is 10.3. The van der Waals surface area contributed by atoms with Crippen LogP contribution in [0.3, 0.4) is 0 Å². The van der Waals surface area contributed by atoms with Crippen LogP contribution in [0, 0.1) is 19.3 Å². The monoisotopic (exact) mass is 188 g/mol. The standard InChI is InChI=1S/C12H12O2/c1-4-10-9(3)7-6-8-11(10)12(13)14-5-2/h1,6-8H,5H2,2-3H3. The molecule has 1 aromatic carbocycles. The summed E-state index contributed by atoms with van der Waals surface area (Å²) in [6, 6.07) is 5.35. The van der Waals surface area contributed by atoms with Crippen LogP contribution in [0.25, 0.3) is 0 Å². The minimum absolute atomic E-state index is 0.357. The van der Waals surface area contributed by atoms with E-state index in [0.717, 1.165) is 5.56 Å². The lowest BCUT2D eigenvalue weighted by Crippen LogP contribution is -2.07. The molecule has 0 aliphatic rings. The van der Waals surface area contributed by atoms with Crippen LogP contribution in [0.4, 0.5) is 0 Å². The SMILES string of the molecule is C#Cc1c(C)cccc1C(=O)OCC. The van der Waals surface area contributed by atoms with Gasteiger partial charge in [-0.15, -0.1) is 6.42 Å². The van der Waals surface area contributed by atoms with Crippen LogP contribution < -0.4 is 0 Å². The van der Waals surface area contributed by atoms with E-state index in [1.54, 1.807) is 19.1 Å². The van der Waals surface area contributed by atoms with E-state index in [4.69, 9.17) is 11.2 Å². The van der Waals surface area contributed by atoms with Crippen molar-refractivity contribution in [3.63, 3.8) is 0 Å². The predicted molar refractivity (Wildman–Crippen MR) is 55.1 cm³/mol. The van der Waals surface area contributed by atoms with Gasteiger partial charge in [0.2, 0.25) is 0 Å². The third kappa shape index (κ3) is 1.94. The summed E-state index contributed by atoms with van der Waals surface area (Å²) >= 11 is 0. The molecule has 0 aliphatic heterocycles. The number of carbonyl (C=O) groups is 1. The number of carbonyl (C=O) groups excluding carboxylic acids is 1. The highest BCUT2D eigenvalue weighted by molar-refractivity contribution is 5.92. The molecule has 0 saturated carbocycles. The lowest BCUT2D eigenvalue weighted by atomic mass is 10.0. The molecule has 0 heterocycles. The molecule has 0 aliphatic carbocycles. The van der Waals surface area contributed by atoms with Crippen LogP contribution in [0.1, 0.15) is 28.4 Å². The second-order valence-electron chi connectivity index (χ2n) is 2.86. The van der Waals surface area contributed by atoms with Gasteiger partial charge in [-0.3, -0.25) is 0 Å². The van der Waals surface area contributed by atoms with E-state index < -0.39 is 0 Å². The first-order valence-corrected chi connectivity index (χ1v) is 4.44. The van der Waals surface area contributed by atoms with Gasteiger partial charge < -0.3 is 4.74 Å². The Balaban J connectivity index is 3.15. The summed E-state index contributed by atoms with van der Waals surface area (Å²) in [6.07, 6.45) is 5.33. The average molecular weight is 188 g/mol. The maximum atomic E-state index is 11.5. The Hall–Kier alpha value is -1.75. The molecule has 0 amide bonds. The predicted octanol–water partition coefficient (Wildman–Crippen LogP) is 2.15. The maximum absolute atomic E-state index is 11.5. The van der Waals surface area contributed by atoms with Gasteiger partial charge in [-0.1, -0.05) is 18.1 Å². The fourth-order valence-electron chi connectivity index (χ4n) is 1.24. The Bertz CT molecular complexity index is 386. The van der Waals surface area contributed by atoms with Crippen molar-refractivity contribution in [1.29, 1.82) is 0 Å². The van der Waals surface area contributed by atoms with Gasteiger partial charge in [-0.2, -0.15) is 0 Å². The molecule has 2 nitrogen and oxygen atoms in total. The number of hydrogen-bond acceptors (Lipinski definition) is 2. The second-order valence-corrected chi connectivity index (χ2v) is 2.86. The van der Waals surface area contributed by atoms with E-state index in [-0.39, 0.29) is 5.97 Å². The summed E-state index contributed by atoms with van der Waals surface area (Å²) in [5.74, 6) is 2.15. The lowest BCUT2D eigenvalue weighted by Gasteiger charge is -2.06. The van der Waals surface area contributed by atoms with Gasteiger partial charge in [0, 0.05) is 5.56 Å². The molecule has 0 saturated heterocycles. The fourth-order valence-corrected chi connectivity index (χ4v) is 1.24. The molecular formula is C12H12O2. The highest BCUT2D eigenvalue weighted by Gasteiger charge is 2.11. The number of aryl methyl sites for hydroxylation is 1. The molecule has 0 radical (unpaired) electrons. The molecule has 0 atom stereocenters. The van der Waals surface area contributed by atoms with Crippen LogP contribution in [0.15, 0.2) is 18.2 Å². The molecule has 72 valence electrons. The van der Waals surface area contributed by atoms with E-state index in [1.165, 1.54) is 0 Å². The van der Waals surface area contributed by atoms with Crippen molar-refractivity contribution in [2.45, 2.75) is 13.8 Å². The quantitative estimate of drug-likeness (QED) is 0.525. The van der Waals surface area contributed by atoms with E-state index in [0.29, 0.717) is 17.7 Å². The Kier molecular flexibility index (Phi) is 3.30. The first-order chi connectivity index (χ1) is 6.70. The molecule has 1 aromatic rings. The number of esters is 1. The zero-order chi connectivity index (χ0) is 10.6. The molecule has 0 N–H and O–H groups in total. The Morgan fingerprint density at radius 3 is 2.86 bits per heavy atom. The molecular weight excluding hydrogens is 176 g/mol. The Morgan fingerprint density at radius 1 is 1.57 bits per heavy atom. The van der Waals surface area contributed by atoms with Gasteiger partial charge in [0.15, 0.2) is 0 Å². The van der Waals surface area contributed by atoms with E-state index in [9.17, 15) is 4.79 Å². The molecule has 0 bridgehead atoms. The van der Waals surface area contributed by atoms with Gasteiger partial charge >= 0.3 is 5.97 Å². The van der Waals surface area contributed by atoms with Crippen molar-refractivity contribution in [2.24, 2.45) is 0 Å². The fraction of sp³-hybridized carbons (Fsp3) is 0.250. The van der Waals surface area contributed by atoms with Crippen LogP contribution in [-0.4, -0.2) is 12.6 Å². The largest absolute Gasteiger partial charge is 0.462 e. The van der Waals surface area contributed by atoms with E-state index in [1.807, 2.05) is 13.0 Å². The summed E-state index contributed by atoms with van der Waals surface area (Å²) in [5, 5.41) is 0. The number of terminal acetylenes is 1. The van der Waals surface area contributed by atoms with Crippen LogP contribution in [0.5, 0.6) is 0 Å². The Morgan fingerprint density at radius 2 is 2.29 bits per heavy atom. The lowest BCUT2D eigenvalue weighted by molar-refractivity contribution is 0.0526. The summed E-state index contributed by atoms with van der Waals surface area (Å²) in [4.78, 5) is 11.5. The van der Waals surface area contributed by atoms with Crippen molar-refractivity contribution < 1.29 is 9.53 Å². The zero-order valence-corrected chi connectivity index (χ0v) is 8.33. The van der Waals surface area contributed by atoms with E-state index in [2.05, 4.69) is 5.92 Å².